The third-order valence-corrected chi connectivity index (χ3v) is 7.10. The number of hydrogen-bond acceptors (Lipinski definition) is 4. The quantitative estimate of drug-likeness (QED) is 0.392. The summed E-state index contributed by atoms with van der Waals surface area (Å²) in [5, 5.41) is 14.6. The molecule has 7 nitrogen and oxygen atoms in total. The van der Waals surface area contributed by atoms with Gasteiger partial charge >= 0.3 is 12.1 Å². The average Bonchev–Trinajstić information content (AvgIpc) is 3.18. The number of carbonyl (C=O) groups excluding carboxylic acids is 2. The minimum absolute atomic E-state index is 0.0491. The van der Waals surface area contributed by atoms with Gasteiger partial charge in [0.05, 0.1) is 0 Å². The number of fused-ring (bicyclic) bond motifs is 3. The predicted octanol–water partition coefficient (Wildman–Crippen LogP) is 5.09. The number of carboxylic acid groups (broad SMARTS) is 1. The van der Waals surface area contributed by atoms with Gasteiger partial charge < -0.3 is 20.5 Å². The molecule has 188 valence electrons. The van der Waals surface area contributed by atoms with Gasteiger partial charge in [0, 0.05) is 18.9 Å². The van der Waals surface area contributed by atoms with Crippen molar-refractivity contribution in [3.8, 4) is 11.1 Å². The SMILES string of the molecule is CCC(CC)(NC(=O)OCC1c2ccccc2-c2ccccc21)C(=O)NCCC(C)CCC(=O)O. The van der Waals surface area contributed by atoms with E-state index in [9.17, 15) is 14.4 Å². The number of alkyl carbamates (subject to hydrolysis) is 1. The van der Waals surface area contributed by atoms with E-state index in [1.807, 2.05) is 45.0 Å². The van der Waals surface area contributed by atoms with Crippen molar-refractivity contribution in [3.05, 3.63) is 59.7 Å². The van der Waals surface area contributed by atoms with Gasteiger partial charge in [-0.25, -0.2) is 4.79 Å². The van der Waals surface area contributed by atoms with Gasteiger partial charge in [-0.15, -0.1) is 0 Å². The fourth-order valence-electron chi connectivity index (χ4n) is 4.75. The van der Waals surface area contributed by atoms with E-state index in [2.05, 4.69) is 34.9 Å². The lowest BCUT2D eigenvalue weighted by molar-refractivity contribution is -0.137. The maximum Gasteiger partial charge on any atom is 0.408 e. The van der Waals surface area contributed by atoms with Crippen LogP contribution < -0.4 is 10.6 Å². The van der Waals surface area contributed by atoms with Crippen LogP contribution in [0.1, 0.15) is 69.9 Å². The van der Waals surface area contributed by atoms with Crippen LogP contribution in [0.15, 0.2) is 48.5 Å². The minimum atomic E-state index is -1.06. The molecule has 0 saturated heterocycles. The second-order valence-corrected chi connectivity index (χ2v) is 9.32. The van der Waals surface area contributed by atoms with E-state index in [1.54, 1.807) is 0 Å². The van der Waals surface area contributed by atoms with Crippen molar-refractivity contribution in [2.45, 2.75) is 64.3 Å². The average molecular weight is 481 g/mol. The fraction of sp³-hybridized carbons (Fsp3) is 0.464. The first-order valence-electron chi connectivity index (χ1n) is 12.4. The summed E-state index contributed by atoms with van der Waals surface area (Å²) in [6.45, 7) is 6.31. The summed E-state index contributed by atoms with van der Waals surface area (Å²) in [7, 11) is 0. The molecule has 0 aromatic heterocycles. The van der Waals surface area contributed by atoms with Crippen molar-refractivity contribution in [1.82, 2.24) is 10.6 Å². The Morgan fingerprint density at radius 1 is 0.971 bits per heavy atom. The van der Waals surface area contributed by atoms with Gasteiger partial charge in [0.1, 0.15) is 12.1 Å². The fourth-order valence-corrected chi connectivity index (χ4v) is 4.75. The molecule has 1 aliphatic carbocycles. The first-order chi connectivity index (χ1) is 16.8. The Morgan fingerprint density at radius 2 is 1.54 bits per heavy atom. The third-order valence-electron chi connectivity index (χ3n) is 7.10. The highest BCUT2D eigenvalue weighted by Gasteiger charge is 2.37. The Labute approximate surface area is 207 Å². The topological polar surface area (TPSA) is 105 Å². The highest BCUT2D eigenvalue weighted by molar-refractivity contribution is 5.90. The molecule has 0 fully saturated rings. The van der Waals surface area contributed by atoms with Gasteiger partial charge in [0.15, 0.2) is 0 Å². The van der Waals surface area contributed by atoms with Crippen LogP contribution in [0.4, 0.5) is 4.79 Å². The largest absolute Gasteiger partial charge is 0.481 e. The first-order valence-corrected chi connectivity index (χ1v) is 12.4. The van der Waals surface area contributed by atoms with Gasteiger partial charge in [-0.1, -0.05) is 69.3 Å². The molecule has 7 heteroatoms. The van der Waals surface area contributed by atoms with Crippen LogP contribution in [-0.4, -0.2) is 41.8 Å². The highest BCUT2D eigenvalue weighted by atomic mass is 16.5. The molecule has 0 bridgehead atoms. The van der Waals surface area contributed by atoms with Crippen LogP contribution >= 0.6 is 0 Å². The van der Waals surface area contributed by atoms with Gasteiger partial charge in [-0.05, 0) is 53.9 Å². The standard InChI is InChI=1S/C28H36N2O5/c1-4-28(5-2,26(33)29-17-16-19(3)14-15-25(31)32)30-27(34)35-18-24-22-12-8-6-10-20(22)21-11-7-9-13-23(21)24/h6-13,19,24H,4-5,14-18H2,1-3H3,(H,29,33)(H,30,34)(H,31,32). The van der Waals surface area contributed by atoms with Crippen LogP contribution in [0.2, 0.25) is 0 Å². The van der Waals surface area contributed by atoms with Crippen LogP contribution in [0.5, 0.6) is 0 Å². The number of amides is 2. The smallest absolute Gasteiger partial charge is 0.408 e. The monoisotopic (exact) mass is 480 g/mol. The zero-order chi connectivity index (χ0) is 25.4. The van der Waals surface area contributed by atoms with Crippen molar-refractivity contribution in [2.75, 3.05) is 13.2 Å². The van der Waals surface area contributed by atoms with E-state index in [4.69, 9.17) is 9.84 Å². The third kappa shape index (κ3) is 6.21. The minimum Gasteiger partial charge on any atom is -0.481 e. The molecule has 1 unspecified atom stereocenters. The Balaban J connectivity index is 1.58. The molecule has 0 radical (unpaired) electrons. The van der Waals surface area contributed by atoms with E-state index in [0.29, 0.717) is 32.2 Å². The number of ether oxygens (including phenoxy) is 1. The molecule has 35 heavy (non-hydrogen) atoms. The predicted molar refractivity (Wildman–Crippen MR) is 135 cm³/mol. The number of nitrogens with one attached hydrogen (secondary N) is 2. The zero-order valence-corrected chi connectivity index (χ0v) is 20.8. The van der Waals surface area contributed by atoms with Crippen molar-refractivity contribution in [3.63, 3.8) is 0 Å². The molecular weight excluding hydrogens is 444 g/mol. The lowest BCUT2D eigenvalue weighted by Gasteiger charge is -2.31. The molecule has 1 aliphatic rings. The zero-order valence-electron chi connectivity index (χ0n) is 20.8. The molecule has 0 aliphatic heterocycles. The van der Waals surface area contributed by atoms with Gasteiger partial charge in [-0.3, -0.25) is 9.59 Å². The van der Waals surface area contributed by atoms with Crippen molar-refractivity contribution < 1.29 is 24.2 Å². The van der Waals surface area contributed by atoms with Crippen molar-refractivity contribution in [1.29, 1.82) is 0 Å². The van der Waals surface area contributed by atoms with E-state index in [-0.39, 0.29) is 30.8 Å². The van der Waals surface area contributed by atoms with Crippen LogP contribution in [0.25, 0.3) is 11.1 Å². The van der Waals surface area contributed by atoms with E-state index < -0.39 is 17.6 Å². The molecule has 2 amide bonds. The van der Waals surface area contributed by atoms with Gasteiger partial charge in [-0.2, -0.15) is 0 Å². The number of aliphatic carboxylic acids is 1. The van der Waals surface area contributed by atoms with E-state index in [1.165, 1.54) is 0 Å². The molecule has 0 spiro atoms. The lowest BCUT2D eigenvalue weighted by Crippen LogP contribution is -2.58. The summed E-state index contributed by atoms with van der Waals surface area (Å²) >= 11 is 0. The van der Waals surface area contributed by atoms with Crippen molar-refractivity contribution in [2.24, 2.45) is 5.92 Å². The Kier molecular flexibility index (Phi) is 8.90. The van der Waals surface area contributed by atoms with Gasteiger partial charge in [0.25, 0.3) is 0 Å². The van der Waals surface area contributed by atoms with Crippen molar-refractivity contribution >= 4 is 18.0 Å². The molecule has 3 rings (SSSR count). The summed E-state index contributed by atoms with van der Waals surface area (Å²) in [4.78, 5) is 36.6. The maximum absolute atomic E-state index is 13.0. The molecular formula is C28H36N2O5. The molecule has 3 N–H and O–H groups in total. The number of carboxylic acids is 1. The van der Waals surface area contributed by atoms with Gasteiger partial charge in [0.2, 0.25) is 5.91 Å². The van der Waals surface area contributed by atoms with Crippen LogP contribution in [0.3, 0.4) is 0 Å². The molecule has 2 aromatic rings. The van der Waals surface area contributed by atoms with Crippen LogP contribution in [-0.2, 0) is 14.3 Å². The second kappa shape index (κ2) is 11.9. The van der Waals surface area contributed by atoms with E-state index in [0.717, 1.165) is 22.3 Å². The molecule has 2 aromatic carbocycles. The molecule has 1 atom stereocenters. The summed E-state index contributed by atoms with van der Waals surface area (Å²) in [6, 6.07) is 16.3. The number of carbonyl (C=O) groups is 3. The second-order valence-electron chi connectivity index (χ2n) is 9.32. The summed E-state index contributed by atoms with van der Waals surface area (Å²) in [5.74, 6) is -0.934. The molecule has 0 saturated carbocycles. The van der Waals surface area contributed by atoms with E-state index >= 15 is 0 Å². The number of hydrogen-bond donors (Lipinski definition) is 3. The normalized spacial score (nSPS) is 13.5. The van der Waals surface area contributed by atoms with Crippen LogP contribution in [0, 0.1) is 5.92 Å². The lowest BCUT2D eigenvalue weighted by atomic mass is 9.91. The summed E-state index contributed by atoms with van der Waals surface area (Å²) in [6.07, 6.45) is 1.60. The Hall–Kier alpha value is -3.35. The highest BCUT2D eigenvalue weighted by Crippen LogP contribution is 2.44. The Bertz CT molecular complexity index is 1000. The Morgan fingerprint density at radius 3 is 2.09 bits per heavy atom. The summed E-state index contributed by atoms with van der Waals surface area (Å²) in [5.41, 5.74) is 3.52. The summed E-state index contributed by atoms with van der Waals surface area (Å²) < 4.78 is 5.66. The molecule has 0 heterocycles. The number of benzene rings is 2. The maximum atomic E-state index is 13.0. The number of rotatable bonds is 12. The first kappa shape index (κ1) is 26.3.